The molecule has 114 valence electrons. The van der Waals surface area contributed by atoms with E-state index in [9.17, 15) is 4.79 Å². The third kappa shape index (κ3) is 5.02. The van der Waals surface area contributed by atoms with E-state index >= 15 is 0 Å². The molecule has 0 fully saturated rings. The predicted octanol–water partition coefficient (Wildman–Crippen LogP) is 5.06. The highest BCUT2D eigenvalue weighted by Crippen LogP contribution is 2.37. The number of esters is 1. The molecule has 2 aromatic rings. The summed E-state index contributed by atoms with van der Waals surface area (Å²) < 4.78 is 5.60. The number of aryl methyl sites for hydroxylation is 1. The molecular weight excluding hydrogens is 326 g/mol. The normalized spacial score (nSPS) is 9.76. The van der Waals surface area contributed by atoms with Crippen LogP contribution in [0, 0.1) is 6.92 Å². The van der Waals surface area contributed by atoms with Gasteiger partial charge in [0.2, 0.25) is 0 Å². The van der Waals surface area contributed by atoms with Crippen LogP contribution in [0.1, 0.15) is 19.4 Å². The fourth-order valence-corrected chi connectivity index (χ4v) is 3.61. The smallest absolute Gasteiger partial charge is 0.316 e. The molecule has 0 bridgehead atoms. The first kappa shape index (κ1) is 18.0. The first-order valence-electron chi connectivity index (χ1n) is 6.51. The predicted molar refractivity (Wildman–Crippen MR) is 91.4 cm³/mol. The number of benzene rings is 1. The second-order valence-electron chi connectivity index (χ2n) is 3.84. The van der Waals surface area contributed by atoms with Crippen molar-refractivity contribution in [1.82, 2.24) is 4.98 Å². The molecule has 1 heterocycles. The van der Waals surface area contributed by atoms with E-state index in [4.69, 9.17) is 11.6 Å². The van der Waals surface area contributed by atoms with Crippen molar-refractivity contribution in [2.75, 3.05) is 12.9 Å². The van der Waals surface area contributed by atoms with Crippen LogP contribution < -0.4 is 0 Å². The summed E-state index contributed by atoms with van der Waals surface area (Å²) >= 11 is 9.16. The van der Waals surface area contributed by atoms with Gasteiger partial charge in [-0.05, 0) is 18.6 Å². The summed E-state index contributed by atoms with van der Waals surface area (Å²) in [7, 11) is 1.38. The van der Waals surface area contributed by atoms with Crippen LogP contribution in [0.3, 0.4) is 0 Å². The number of methoxy groups -OCH3 is 1. The standard InChI is InChI=1S/C13H12ClNO2S2.C2H6/c1-8-3-4-9(10(14)5-8)12-13(19-7-15-12)18-6-11(16)17-2;1-2/h3-5,7H,6H2,1-2H3;1-2H3. The Hall–Kier alpha value is -1.04. The average Bonchev–Trinajstić information content (AvgIpc) is 2.95. The van der Waals surface area contributed by atoms with E-state index in [2.05, 4.69) is 9.72 Å². The average molecular weight is 344 g/mol. The zero-order chi connectivity index (χ0) is 15.8. The van der Waals surface area contributed by atoms with Gasteiger partial charge >= 0.3 is 5.97 Å². The van der Waals surface area contributed by atoms with E-state index in [1.54, 1.807) is 5.51 Å². The SMILES string of the molecule is CC.COC(=O)CSc1scnc1-c1ccc(C)cc1Cl. The number of ether oxygens (including phenoxy) is 1. The van der Waals surface area contributed by atoms with E-state index < -0.39 is 0 Å². The number of carbonyl (C=O) groups is 1. The van der Waals surface area contributed by atoms with Crippen LogP contribution in [0.25, 0.3) is 11.3 Å². The van der Waals surface area contributed by atoms with Crippen molar-refractivity contribution in [3.8, 4) is 11.3 Å². The van der Waals surface area contributed by atoms with E-state index in [1.807, 2.05) is 39.0 Å². The summed E-state index contributed by atoms with van der Waals surface area (Å²) in [6.45, 7) is 5.99. The largest absolute Gasteiger partial charge is 0.468 e. The van der Waals surface area contributed by atoms with E-state index in [-0.39, 0.29) is 11.7 Å². The molecule has 0 aliphatic heterocycles. The van der Waals surface area contributed by atoms with E-state index in [0.717, 1.165) is 21.0 Å². The maximum Gasteiger partial charge on any atom is 0.316 e. The Bertz CT molecular complexity index is 599. The second-order valence-corrected chi connectivity index (χ2v) is 6.34. The highest BCUT2D eigenvalue weighted by Gasteiger charge is 2.14. The topological polar surface area (TPSA) is 39.2 Å². The number of nitrogens with zero attached hydrogens (tertiary/aromatic N) is 1. The number of hydrogen-bond acceptors (Lipinski definition) is 5. The van der Waals surface area contributed by atoms with Gasteiger partial charge in [-0.3, -0.25) is 4.79 Å². The molecule has 1 aromatic heterocycles. The highest BCUT2D eigenvalue weighted by atomic mass is 35.5. The fraction of sp³-hybridized carbons (Fsp3) is 0.333. The summed E-state index contributed by atoms with van der Waals surface area (Å²) in [6, 6.07) is 5.86. The number of halogens is 1. The summed E-state index contributed by atoms with van der Waals surface area (Å²) in [4.78, 5) is 15.5. The molecule has 0 amide bonds. The van der Waals surface area contributed by atoms with Crippen molar-refractivity contribution in [3.63, 3.8) is 0 Å². The summed E-state index contributed by atoms with van der Waals surface area (Å²) in [5, 5.41) is 0.672. The molecule has 3 nitrogen and oxygen atoms in total. The molecule has 6 heteroatoms. The van der Waals surface area contributed by atoms with E-state index in [1.165, 1.54) is 30.2 Å². The first-order chi connectivity index (χ1) is 10.1. The van der Waals surface area contributed by atoms with Crippen LogP contribution in [-0.2, 0) is 9.53 Å². The summed E-state index contributed by atoms with van der Waals surface area (Å²) in [5.74, 6) is 0.0224. The molecule has 0 spiro atoms. The Balaban J connectivity index is 0.00000106. The lowest BCUT2D eigenvalue weighted by Gasteiger charge is -2.05. The lowest BCUT2D eigenvalue weighted by Crippen LogP contribution is -2.02. The van der Waals surface area contributed by atoms with Crippen molar-refractivity contribution in [2.24, 2.45) is 0 Å². The number of aromatic nitrogens is 1. The number of thiazole rings is 1. The molecular formula is C15H18ClNO2S2. The number of thioether (sulfide) groups is 1. The lowest BCUT2D eigenvalue weighted by molar-refractivity contribution is -0.137. The zero-order valence-corrected chi connectivity index (χ0v) is 14.9. The monoisotopic (exact) mass is 343 g/mol. The molecule has 0 atom stereocenters. The minimum absolute atomic E-state index is 0.251. The van der Waals surface area contributed by atoms with Crippen LogP contribution >= 0.6 is 34.7 Å². The number of hydrogen-bond donors (Lipinski definition) is 0. The van der Waals surface area contributed by atoms with Gasteiger partial charge in [0.15, 0.2) is 0 Å². The van der Waals surface area contributed by atoms with Gasteiger partial charge in [0.05, 0.1) is 33.3 Å². The molecule has 0 aliphatic rings. The van der Waals surface area contributed by atoms with E-state index in [0.29, 0.717) is 5.02 Å². The van der Waals surface area contributed by atoms with Crippen molar-refractivity contribution in [2.45, 2.75) is 25.0 Å². The maximum absolute atomic E-state index is 11.2. The Morgan fingerprint density at radius 2 is 2.14 bits per heavy atom. The Morgan fingerprint density at radius 3 is 2.76 bits per heavy atom. The molecule has 0 aliphatic carbocycles. The Morgan fingerprint density at radius 1 is 1.43 bits per heavy atom. The maximum atomic E-state index is 11.2. The molecule has 0 saturated carbocycles. The van der Waals surface area contributed by atoms with Crippen LogP contribution in [0.5, 0.6) is 0 Å². The third-order valence-electron chi connectivity index (χ3n) is 2.46. The minimum atomic E-state index is -0.251. The first-order valence-corrected chi connectivity index (χ1v) is 8.75. The van der Waals surface area contributed by atoms with Gasteiger partial charge in [-0.2, -0.15) is 0 Å². The molecule has 21 heavy (non-hydrogen) atoms. The van der Waals surface area contributed by atoms with Crippen LogP contribution in [0.2, 0.25) is 5.02 Å². The van der Waals surface area contributed by atoms with Gasteiger partial charge < -0.3 is 4.74 Å². The fourth-order valence-electron chi connectivity index (χ4n) is 1.51. The summed E-state index contributed by atoms with van der Waals surface area (Å²) in [6.07, 6.45) is 0. The van der Waals surface area contributed by atoms with Crippen LogP contribution in [0.15, 0.2) is 27.9 Å². The number of carbonyl (C=O) groups excluding carboxylic acids is 1. The van der Waals surface area contributed by atoms with Crippen molar-refractivity contribution in [1.29, 1.82) is 0 Å². The molecule has 0 N–H and O–H groups in total. The van der Waals surface area contributed by atoms with Gasteiger partial charge in [0, 0.05) is 5.56 Å². The summed E-state index contributed by atoms with van der Waals surface area (Å²) in [5.41, 5.74) is 4.57. The minimum Gasteiger partial charge on any atom is -0.468 e. The Kier molecular flexibility index (Phi) is 7.78. The molecule has 0 radical (unpaired) electrons. The third-order valence-corrected chi connectivity index (χ3v) is 4.87. The molecule has 0 saturated heterocycles. The lowest BCUT2D eigenvalue weighted by atomic mass is 10.1. The van der Waals surface area contributed by atoms with Crippen molar-refractivity contribution in [3.05, 3.63) is 34.3 Å². The molecule has 2 rings (SSSR count). The van der Waals surface area contributed by atoms with Gasteiger partial charge in [-0.15, -0.1) is 23.1 Å². The van der Waals surface area contributed by atoms with Crippen molar-refractivity contribution < 1.29 is 9.53 Å². The van der Waals surface area contributed by atoms with Crippen LogP contribution in [0.4, 0.5) is 0 Å². The van der Waals surface area contributed by atoms with Crippen LogP contribution in [-0.4, -0.2) is 23.8 Å². The Labute approximate surface area is 138 Å². The van der Waals surface area contributed by atoms with Crippen molar-refractivity contribution >= 4 is 40.7 Å². The molecule has 1 aromatic carbocycles. The quantitative estimate of drug-likeness (QED) is 0.574. The number of rotatable bonds is 4. The highest BCUT2D eigenvalue weighted by molar-refractivity contribution is 8.01. The zero-order valence-electron chi connectivity index (χ0n) is 12.5. The molecule has 0 unspecified atom stereocenters. The van der Waals surface area contributed by atoms with Gasteiger partial charge in [-0.1, -0.05) is 37.6 Å². The second kappa shape index (κ2) is 9.07. The van der Waals surface area contributed by atoms with Gasteiger partial charge in [0.1, 0.15) is 0 Å². The van der Waals surface area contributed by atoms with Gasteiger partial charge in [0.25, 0.3) is 0 Å². The van der Waals surface area contributed by atoms with Gasteiger partial charge in [-0.25, -0.2) is 4.98 Å².